The number of amides is 1. The zero-order valence-electron chi connectivity index (χ0n) is 20.0. The molecule has 1 amide bonds. The molecule has 0 spiro atoms. The molecule has 36 heavy (non-hydrogen) atoms. The number of fused-ring (bicyclic) bond motifs is 1. The third-order valence-corrected chi connectivity index (χ3v) is 6.41. The lowest BCUT2D eigenvalue weighted by molar-refractivity contribution is 0.0822. The van der Waals surface area contributed by atoms with Gasteiger partial charge in [0.2, 0.25) is 0 Å². The first-order valence-electron chi connectivity index (χ1n) is 10.7. The lowest BCUT2D eigenvalue weighted by atomic mass is 10.2. The van der Waals surface area contributed by atoms with Crippen LogP contribution in [0.1, 0.15) is 10.5 Å². The summed E-state index contributed by atoms with van der Waals surface area (Å²) in [5, 5.41) is 3.10. The van der Waals surface area contributed by atoms with Crippen molar-refractivity contribution < 1.29 is 22.7 Å². The number of hydrogen-bond donors (Lipinski definition) is 2. The summed E-state index contributed by atoms with van der Waals surface area (Å²) in [5.74, 6) is 0.869. The highest BCUT2D eigenvalue weighted by Crippen LogP contribution is 2.31. The average molecular weight is 509 g/mol. The fraction of sp³-hybridized carbons (Fsp3) is 0.167. The molecule has 2 N–H and O–H groups in total. The fourth-order valence-electron chi connectivity index (χ4n) is 3.26. The van der Waals surface area contributed by atoms with Gasteiger partial charge in [-0.1, -0.05) is 12.1 Å². The SMILES string of the molecule is COc1cc(Nc2nc3ccccc3nc2NS(=O)(=O)c2ccc(C(=O)N(C)C)nc2)cc(OC)c1. The molecule has 2 heterocycles. The molecule has 0 aliphatic rings. The van der Waals surface area contributed by atoms with E-state index in [2.05, 4.69) is 25.0 Å². The van der Waals surface area contributed by atoms with Crippen LogP contribution >= 0.6 is 0 Å². The smallest absolute Gasteiger partial charge is 0.271 e. The van der Waals surface area contributed by atoms with E-state index < -0.39 is 10.0 Å². The summed E-state index contributed by atoms with van der Waals surface area (Å²) in [5.41, 5.74) is 1.73. The first-order valence-corrected chi connectivity index (χ1v) is 12.2. The molecule has 186 valence electrons. The van der Waals surface area contributed by atoms with E-state index in [0.717, 1.165) is 6.20 Å². The van der Waals surface area contributed by atoms with E-state index >= 15 is 0 Å². The zero-order valence-corrected chi connectivity index (χ0v) is 20.8. The van der Waals surface area contributed by atoms with Gasteiger partial charge in [0.1, 0.15) is 22.1 Å². The number of para-hydroxylation sites is 2. The summed E-state index contributed by atoms with van der Waals surface area (Å²) >= 11 is 0. The van der Waals surface area contributed by atoms with Crippen LogP contribution in [0.4, 0.5) is 17.3 Å². The Morgan fingerprint density at radius 1 is 0.889 bits per heavy atom. The lowest BCUT2D eigenvalue weighted by Gasteiger charge is -2.15. The van der Waals surface area contributed by atoms with E-state index in [-0.39, 0.29) is 28.1 Å². The van der Waals surface area contributed by atoms with Gasteiger partial charge in [-0.15, -0.1) is 0 Å². The van der Waals surface area contributed by atoms with Crippen LogP contribution in [0.3, 0.4) is 0 Å². The molecule has 0 unspecified atom stereocenters. The van der Waals surface area contributed by atoms with Crippen LogP contribution in [0.15, 0.2) is 65.7 Å². The Labute approximate surface area is 208 Å². The molecule has 0 aliphatic heterocycles. The number of methoxy groups -OCH3 is 2. The molecule has 0 radical (unpaired) electrons. The van der Waals surface area contributed by atoms with Gasteiger partial charge in [-0.05, 0) is 24.3 Å². The van der Waals surface area contributed by atoms with Gasteiger partial charge < -0.3 is 19.7 Å². The van der Waals surface area contributed by atoms with Crippen LogP contribution in [0, 0.1) is 0 Å². The summed E-state index contributed by atoms with van der Waals surface area (Å²) in [6.45, 7) is 0. The minimum Gasteiger partial charge on any atom is -0.497 e. The van der Waals surface area contributed by atoms with Gasteiger partial charge >= 0.3 is 0 Å². The predicted octanol–water partition coefficient (Wildman–Crippen LogP) is 3.29. The number of aromatic nitrogens is 3. The highest BCUT2D eigenvalue weighted by Gasteiger charge is 2.21. The minimum absolute atomic E-state index is 0.0241. The number of rotatable bonds is 8. The van der Waals surface area contributed by atoms with Crippen LogP contribution in [0.25, 0.3) is 11.0 Å². The van der Waals surface area contributed by atoms with Crippen molar-refractivity contribution in [2.24, 2.45) is 0 Å². The Morgan fingerprint density at radius 2 is 1.50 bits per heavy atom. The van der Waals surface area contributed by atoms with Crippen molar-refractivity contribution >= 4 is 44.3 Å². The number of nitrogens with one attached hydrogen (secondary N) is 2. The quantitative estimate of drug-likeness (QED) is 0.367. The summed E-state index contributed by atoms with van der Waals surface area (Å²) < 4.78 is 39.5. The molecule has 0 aliphatic carbocycles. The number of anilines is 3. The summed E-state index contributed by atoms with van der Waals surface area (Å²) in [4.78, 5) is 26.3. The summed E-state index contributed by atoms with van der Waals surface area (Å²) in [6.07, 6.45) is 1.12. The molecule has 4 rings (SSSR count). The molecule has 0 atom stereocenters. The Bertz CT molecular complexity index is 1500. The molecule has 0 saturated heterocycles. The van der Waals surface area contributed by atoms with E-state index in [1.54, 1.807) is 50.5 Å². The molecule has 2 aromatic heterocycles. The zero-order chi connectivity index (χ0) is 25.9. The Kier molecular flexibility index (Phi) is 6.88. The van der Waals surface area contributed by atoms with Crippen LogP contribution in [-0.4, -0.2) is 62.5 Å². The number of sulfonamides is 1. The van der Waals surface area contributed by atoms with Gasteiger partial charge in [-0.2, -0.15) is 0 Å². The molecule has 0 bridgehead atoms. The maximum Gasteiger partial charge on any atom is 0.271 e. The highest BCUT2D eigenvalue weighted by molar-refractivity contribution is 7.92. The largest absolute Gasteiger partial charge is 0.497 e. The van der Waals surface area contributed by atoms with Gasteiger partial charge in [0.25, 0.3) is 15.9 Å². The monoisotopic (exact) mass is 508 g/mol. The Morgan fingerprint density at radius 3 is 2.03 bits per heavy atom. The van der Waals surface area contributed by atoms with Crippen LogP contribution in [0.5, 0.6) is 11.5 Å². The normalized spacial score (nSPS) is 11.1. The summed E-state index contributed by atoms with van der Waals surface area (Å²) in [7, 11) is 2.11. The lowest BCUT2D eigenvalue weighted by Crippen LogP contribution is -2.23. The molecule has 12 heteroatoms. The third-order valence-electron chi connectivity index (χ3n) is 5.09. The molecule has 2 aromatic carbocycles. The van der Waals surface area contributed by atoms with E-state index in [0.29, 0.717) is 28.2 Å². The molecule has 4 aromatic rings. The van der Waals surface area contributed by atoms with E-state index in [1.807, 2.05) is 6.07 Å². The van der Waals surface area contributed by atoms with Crippen molar-refractivity contribution in [2.75, 3.05) is 38.4 Å². The second-order valence-corrected chi connectivity index (χ2v) is 9.50. The standard InChI is InChI=1S/C24H24N6O5S/c1-30(2)24(31)21-10-9-18(14-25-21)36(32,33)29-23-22(27-19-7-5-6-8-20(19)28-23)26-15-11-16(34-3)13-17(12-15)35-4/h5-14H,1-4H3,(H,26,27)(H,28,29). The Hall–Kier alpha value is -4.45. The summed E-state index contributed by atoms with van der Waals surface area (Å²) in [6, 6.07) is 14.9. The van der Waals surface area contributed by atoms with Crippen LogP contribution < -0.4 is 19.5 Å². The maximum absolute atomic E-state index is 13.2. The van der Waals surface area contributed by atoms with Crippen molar-refractivity contribution in [1.29, 1.82) is 0 Å². The molecule has 0 saturated carbocycles. The number of nitrogens with zero attached hydrogens (tertiary/aromatic N) is 4. The van der Waals surface area contributed by atoms with Crippen molar-refractivity contribution in [1.82, 2.24) is 19.9 Å². The van der Waals surface area contributed by atoms with Crippen molar-refractivity contribution in [3.05, 3.63) is 66.5 Å². The number of ether oxygens (including phenoxy) is 2. The maximum atomic E-state index is 13.2. The van der Waals surface area contributed by atoms with E-state index in [1.165, 1.54) is 31.3 Å². The van der Waals surface area contributed by atoms with Gasteiger partial charge in [0.05, 0.1) is 25.3 Å². The second kappa shape index (κ2) is 10.0. The van der Waals surface area contributed by atoms with Crippen LogP contribution in [0.2, 0.25) is 0 Å². The molecule has 11 nitrogen and oxygen atoms in total. The highest BCUT2D eigenvalue weighted by atomic mass is 32.2. The second-order valence-electron chi connectivity index (χ2n) is 7.82. The third kappa shape index (κ3) is 5.28. The number of carbonyl (C=O) groups excluding carboxylic acids is 1. The van der Waals surface area contributed by atoms with Crippen molar-refractivity contribution in [3.8, 4) is 11.5 Å². The first-order chi connectivity index (χ1) is 17.2. The molecular formula is C24H24N6O5S. The van der Waals surface area contributed by atoms with Gasteiger partial charge in [-0.25, -0.2) is 23.4 Å². The van der Waals surface area contributed by atoms with Crippen molar-refractivity contribution in [3.63, 3.8) is 0 Å². The molecule has 0 fully saturated rings. The average Bonchev–Trinajstić information content (AvgIpc) is 2.88. The first kappa shape index (κ1) is 24.7. The number of pyridine rings is 1. The number of carbonyl (C=O) groups is 1. The molecular weight excluding hydrogens is 484 g/mol. The van der Waals surface area contributed by atoms with Gasteiger partial charge in [-0.3, -0.25) is 9.52 Å². The number of hydrogen-bond acceptors (Lipinski definition) is 9. The van der Waals surface area contributed by atoms with E-state index in [9.17, 15) is 13.2 Å². The van der Waals surface area contributed by atoms with Gasteiger partial charge in [0.15, 0.2) is 11.6 Å². The van der Waals surface area contributed by atoms with Crippen LogP contribution in [-0.2, 0) is 10.0 Å². The fourth-order valence-corrected chi connectivity index (χ4v) is 4.21. The topological polar surface area (TPSA) is 136 Å². The predicted molar refractivity (Wildman–Crippen MR) is 135 cm³/mol. The number of benzene rings is 2. The minimum atomic E-state index is -4.11. The Balaban J connectivity index is 1.73. The van der Waals surface area contributed by atoms with Crippen molar-refractivity contribution in [2.45, 2.75) is 4.90 Å². The van der Waals surface area contributed by atoms with E-state index in [4.69, 9.17) is 9.47 Å². The van der Waals surface area contributed by atoms with Gasteiger partial charge in [0, 0.05) is 44.2 Å².